The second-order valence-corrected chi connectivity index (χ2v) is 6.89. The third kappa shape index (κ3) is 3.31. The Balaban J connectivity index is 2.00. The fourth-order valence-electron chi connectivity index (χ4n) is 2.99. The van der Waals surface area contributed by atoms with Crippen LogP contribution in [0.15, 0.2) is 40.9 Å². The van der Waals surface area contributed by atoms with Gasteiger partial charge in [0, 0.05) is 31.0 Å². The van der Waals surface area contributed by atoms with Gasteiger partial charge >= 0.3 is 0 Å². The summed E-state index contributed by atoms with van der Waals surface area (Å²) in [5, 5.41) is 10.1. The zero-order valence-electron chi connectivity index (χ0n) is 13.4. The number of para-hydroxylation sites is 1. The van der Waals surface area contributed by atoms with E-state index in [9.17, 15) is 14.9 Å². The number of hydrogen-bond acceptors (Lipinski definition) is 4. The molecule has 3 rings (SSSR count). The first-order chi connectivity index (χ1) is 11.7. The van der Waals surface area contributed by atoms with Gasteiger partial charge in [0.1, 0.15) is 16.7 Å². The third-order valence-corrected chi connectivity index (χ3v) is 5.27. The topological polar surface area (TPSA) is 64.4 Å². The predicted octanol–water partition coefficient (Wildman–Crippen LogP) is 2.90. The molecule has 6 heteroatoms. The molecule has 0 saturated carbocycles. The number of hydrogen-bond donors (Lipinski definition) is 0. The molecule has 124 valence electrons. The number of anilines is 1. The number of piperidine rings is 1. The second-order valence-electron chi connectivity index (χ2n) is 5.81. The second kappa shape index (κ2) is 7.54. The maximum atomic E-state index is 12.8. The number of thioether (sulfide) groups is 1. The maximum absolute atomic E-state index is 12.8. The molecule has 2 fully saturated rings. The van der Waals surface area contributed by atoms with Crippen molar-refractivity contribution >= 4 is 29.3 Å². The van der Waals surface area contributed by atoms with E-state index < -0.39 is 0 Å². The molecule has 1 aromatic carbocycles. The first kappa shape index (κ1) is 16.6. The van der Waals surface area contributed by atoms with Crippen molar-refractivity contribution in [1.82, 2.24) is 4.90 Å². The van der Waals surface area contributed by atoms with E-state index >= 15 is 0 Å². The molecule has 0 radical (unpaired) electrons. The minimum atomic E-state index is -0.254. The molecule has 0 aliphatic carbocycles. The highest BCUT2D eigenvalue weighted by Crippen LogP contribution is 2.35. The Morgan fingerprint density at radius 2 is 1.83 bits per heavy atom. The summed E-state index contributed by atoms with van der Waals surface area (Å²) in [5.74, 6) is 0.264. The number of likely N-dealkylation sites (tertiary alicyclic amines) is 1. The number of nitrogens with zero attached hydrogens (tertiary/aromatic N) is 3. The highest BCUT2D eigenvalue weighted by molar-refractivity contribution is 8.03. The number of carbonyl (C=O) groups excluding carboxylic acids is 2. The Bertz CT molecular complexity index is 703. The van der Waals surface area contributed by atoms with E-state index in [1.165, 1.54) is 16.7 Å². The molecular weight excluding hydrogens is 322 g/mol. The van der Waals surface area contributed by atoms with Crippen LogP contribution in [0, 0.1) is 11.3 Å². The molecule has 1 aromatic rings. The monoisotopic (exact) mass is 341 g/mol. The van der Waals surface area contributed by atoms with Gasteiger partial charge in [-0.2, -0.15) is 5.26 Å². The van der Waals surface area contributed by atoms with Gasteiger partial charge < -0.3 is 4.90 Å². The molecule has 0 unspecified atom stereocenters. The summed E-state index contributed by atoms with van der Waals surface area (Å²) in [5.41, 5.74) is 0.780. The molecule has 0 atom stereocenters. The number of rotatable bonds is 2. The van der Waals surface area contributed by atoms with E-state index in [4.69, 9.17) is 0 Å². The lowest BCUT2D eigenvalue weighted by Crippen LogP contribution is -2.39. The van der Waals surface area contributed by atoms with E-state index in [2.05, 4.69) is 6.07 Å². The van der Waals surface area contributed by atoms with E-state index in [0.717, 1.165) is 19.3 Å². The van der Waals surface area contributed by atoms with Crippen LogP contribution in [0.2, 0.25) is 0 Å². The molecular formula is C18H19N3O2S. The number of carbonyl (C=O) groups is 2. The van der Waals surface area contributed by atoms with Gasteiger partial charge in [-0.25, -0.2) is 0 Å². The van der Waals surface area contributed by atoms with E-state index in [1.54, 1.807) is 4.90 Å². The quantitative estimate of drug-likeness (QED) is 0.613. The maximum Gasteiger partial charge on any atom is 0.267 e. The van der Waals surface area contributed by atoms with Gasteiger partial charge in [0.15, 0.2) is 0 Å². The average Bonchev–Trinajstić information content (AvgIpc) is 2.64. The largest absolute Gasteiger partial charge is 0.338 e. The van der Waals surface area contributed by atoms with Gasteiger partial charge in [-0.3, -0.25) is 14.5 Å². The molecule has 2 aliphatic heterocycles. The minimum absolute atomic E-state index is 0.0749. The molecule has 0 spiro atoms. The molecule has 2 heterocycles. The zero-order valence-corrected chi connectivity index (χ0v) is 14.2. The van der Waals surface area contributed by atoms with E-state index in [-0.39, 0.29) is 17.4 Å². The summed E-state index contributed by atoms with van der Waals surface area (Å²) in [7, 11) is 0. The van der Waals surface area contributed by atoms with Crippen LogP contribution < -0.4 is 4.90 Å². The Morgan fingerprint density at radius 1 is 1.12 bits per heavy atom. The van der Waals surface area contributed by atoms with Crippen molar-refractivity contribution in [2.45, 2.75) is 25.7 Å². The normalized spacial score (nSPS) is 20.5. The van der Waals surface area contributed by atoms with Gasteiger partial charge in [-0.1, -0.05) is 18.2 Å². The summed E-state index contributed by atoms with van der Waals surface area (Å²) in [4.78, 5) is 28.5. The number of amides is 2. The lowest BCUT2D eigenvalue weighted by atomic mass is 10.1. The molecule has 0 N–H and O–H groups in total. The van der Waals surface area contributed by atoms with Gasteiger partial charge in [0.25, 0.3) is 5.91 Å². The number of nitriles is 1. The minimum Gasteiger partial charge on any atom is -0.338 e. The van der Waals surface area contributed by atoms with Gasteiger partial charge in [0.2, 0.25) is 5.91 Å². The summed E-state index contributed by atoms with van der Waals surface area (Å²) < 4.78 is 0. The van der Waals surface area contributed by atoms with E-state index in [0.29, 0.717) is 36.0 Å². The molecule has 2 saturated heterocycles. The van der Waals surface area contributed by atoms with Crippen LogP contribution in [-0.2, 0) is 9.59 Å². The lowest BCUT2D eigenvalue weighted by molar-refractivity contribution is -0.127. The first-order valence-electron chi connectivity index (χ1n) is 8.17. The van der Waals surface area contributed by atoms with Crippen LogP contribution in [0.25, 0.3) is 0 Å². The summed E-state index contributed by atoms with van der Waals surface area (Å²) in [6.07, 6.45) is 3.45. The van der Waals surface area contributed by atoms with Crippen LogP contribution in [0.4, 0.5) is 5.69 Å². The Hall–Kier alpha value is -2.26. The fourth-order valence-corrected chi connectivity index (χ4v) is 4.07. The van der Waals surface area contributed by atoms with Gasteiger partial charge in [0.05, 0.1) is 0 Å². The SMILES string of the molecule is N#C/C(C(=O)N1CCCCC1)=C1\SCCC(=O)N1c1ccccc1. The molecule has 0 bridgehead atoms. The van der Waals surface area contributed by atoms with Crippen molar-refractivity contribution in [2.75, 3.05) is 23.7 Å². The molecule has 2 aliphatic rings. The van der Waals surface area contributed by atoms with Gasteiger partial charge in [-0.05, 0) is 31.4 Å². The van der Waals surface area contributed by atoms with Crippen LogP contribution >= 0.6 is 11.8 Å². The van der Waals surface area contributed by atoms with E-state index in [1.807, 2.05) is 30.3 Å². The predicted molar refractivity (Wildman–Crippen MR) is 94.1 cm³/mol. The van der Waals surface area contributed by atoms with Crippen LogP contribution in [0.3, 0.4) is 0 Å². The smallest absolute Gasteiger partial charge is 0.267 e. The molecule has 0 aromatic heterocycles. The lowest BCUT2D eigenvalue weighted by Gasteiger charge is -2.32. The van der Waals surface area contributed by atoms with Crippen LogP contribution in [-0.4, -0.2) is 35.6 Å². The Kier molecular flexibility index (Phi) is 5.21. The van der Waals surface area contributed by atoms with Crippen LogP contribution in [0.1, 0.15) is 25.7 Å². The van der Waals surface area contributed by atoms with Crippen molar-refractivity contribution in [1.29, 1.82) is 5.26 Å². The van der Waals surface area contributed by atoms with Gasteiger partial charge in [-0.15, -0.1) is 11.8 Å². The molecule has 5 nitrogen and oxygen atoms in total. The van der Waals surface area contributed by atoms with Crippen molar-refractivity contribution in [3.63, 3.8) is 0 Å². The first-order valence-corrected chi connectivity index (χ1v) is 9.15. The summed E-state index contributed by atoms with van der Waals surface area (Å²) in [6.45, 7) is 1.36. The van der Waals surface area contributed by atoms with Crippen molar-refractivity contribution in [2.24, 2.45) is 0 Å². The average molecular weight is 341 g/mol. The standard InChI is InChI=1S/C18H19N3O2S/c19-13-15(17(23)20-10-5-2-6-11-20)18-21(16(22)9-12-24-18)14-7-3-1-4-8-14/h1,3-4,7-8H,2,5-6,9-12H2/b18-15+. The van der Waals surface area contributed by atoms with Crippen molar-refractivity contribution < 1.29 is 9.59 Å². The zero-order chi connectivity index (χ0) is 16.9. The van der Waals surface area contributed by atoms with Crippen molar-refractivity contribution in [3.8, 4) is 6.07 Å². The van der Waals surface area contributed by atoms with Crippen molar-refractivity contribution in [3.05, 3.63) is 40.9 Å². The fraction of sp³-hybridized carbons (Fsp3) is 0.389. The molecule has 2 amide bonds. The summed E-state index contributed by atoms with van der Waals surface area (Å²) in [6, 6.07) is 11.3. The Morgan fingerprint density at radius 3 is 2.50 bits per heavy atom. The highest BCUT2D eigenvalue weighted by Gasteiger charge is 2.32. The molecule has 24 heavy (non-hydrogen) atoms. The Labute approximate surface area is 145 Å². The summed E-state index contributed by atoms with van der Waals surface area (Å²) >= 11 is 1.41. The number of benzene rings is 1. The third-order valence-electron chi connectivity index (χ3n) is 4.20. The van der Waals surface area contributed by atoms with Crippen LogP contribution in [0.5, 0.6) is 0 Å². The highest BCUT2D eigenvalue weighted by atomic mass is 32.2.